The predicted octanol–water partition coefficient (Wildman–Crippen LogP) is 15.1. The third-order valence-corrected chi connectivity index (χ3v) is 11.6. The summed E-state index contributed by atoms with van der Waals surface area (Å²) in [6.07, 6.45) is 50.3. The quantitative estimate of drug-likeness (QED) is 0.0551. The monoisotopic (exact) mass is 709 g/mol. The molecule has 3 N–H and O–H groups in total. The molecule has 0 aliphatic carbocycles. The maximum atomic E-state index is 12.3. The van der Waals surface area contributed by atoms with Crippen molar-refractivity contribution in [3.8, 4) is 0 Å². The van der Waals surface area contributed by atoms with Crippen LogP contribution in [0.4, 0.5) is 0 Å². The number of unbranched alkanes of at least 4 members (excludes halogenated alkanes) is 35. The molecule has 4 heteroatoms. The Morgan fingerprint density at radius 1 is 0.400 bits per heavy atom. The molecule has 0 aliphatic heterocycles. The summed E-state index contributed by atoms with van der Waals surface area (Å²) in [5.74, 6) is -0.788. The van der Waals surface area contributed by atoms with Gasteiger partial charge in [0.25, 0.3) is 0 Å². The van der Waals surface area contributed by atoms with E-state index in [9.17, 15) is 20.1 Å². The average Bonchev–Trinajstić information content (AvgIpc) is 3.11. The van der Waals surface area contributed by atoms with E-state index in [2.05, 4.69) is 13.8 Å². The summed E-state index contributed by atoms with van der Waals surface area (Å²) in [5, 5.41) is 29.6. The molecule has 50 heavy (non-hydrogen) atoms. The molecule has 0 aromatic rings. The molecule has 0 aromatic heterocycles. The van der Waals surface area contributed by atoms with Gasteiger partial charge in [-0.2, -0.15) is 0 Å². The standard InChI is InChI=1S/C46H92O4/c1-3-5-7-9-11-12-13-14-15-16-17-18-19-20-21-22-23-24-25-26-27-28-29-30-31-32-33-34-35-37-39-41-46(45(49)50,42-44(48)43-47)40-38-36-10-8-6-4-2/h44,47-48H,3-43H2,1-2H3,(H,49,50). The van der Waals surface area contributed by atoms with Crippen LogP contribution >= 0.6 is 0 Å². The number of carbonyl (C=O) groups is 1. The topological polar surface area (TPSA) is 77.8 Å². The molecule has 2 atom stereocenters. The zero-order chi connectivity index (χ0) is 36.6. The Balaban J connectivity index is 3.53. The highest BCUT2D eigenvalue weighted by atomic mass is 16.4. The molecular formula is C46H92O4. The lowest BCUT2D eigenvalue weighted by molar-refractivity contribution is -0.153. The number of aliphatic hydroxyl groups excluding tert-OH is 2. The molecular weight excluding hydrogens is 617 g/mol. The SMILES string of the molecule is CCCCCCCCCCCCCCCCCCCCCCCCCCCCCCCCCC(CCCCCCCC)(CC(O)CO)C(=O)O. The Morgan fingerprint density at radius 2 is 0.600 bits per heavy atom. The van der Waals surface area contributed by atoms with Gasteiger partial charge in [-0.15, -0.1) is 0 Å². The van der Waals surface area contributed by atoms with Crippen LogP contribution in [0.15, 0.2) is 0 Å². The summed E-state index contributed by atoms with van der Waals surface area (Å²) in [5.41, 5.74) is -0.891. The Morgan fingerprint density at radius 3 is 0.780 bits per heavy atom. The average molecular weight is 709 g/mol. The van der Waals surface area contributed by atoms with E-state index in [1.54, 1.807) is 0 Å². The summed E-state index contributed by atoms with van der Waals surface area (Å²) in [4.78, 5) is 12.3. The molecule has 0 aliphatic rings. The molecule has 0 radical (unpaired) electrons. The molecule has 0 spiro atoms. The third-order valence-electron chi connectivity index (χ3n) is 11.6. The summed E-state index contributed by atoms with van der Waals surface area (Å²) in [6.45, 7) is 4.15. The second-order valence-corrected chi connectivity index (χ2v) is 16.5. The van der Waals surface area contributed by atoms with Gasteiger partial charge in [0.2, 0.25) is 0 Å². The highest BCUT2D eigenvalue weighted by molar-refractivity contribution is 5.74. The number of rotatable bonds is 43. The number of carboxylic acid groups (broad SMARTS) is 1. The Labute approximate surface area is 314 Å². The van der Waals surface area contributed by atoms with Gasteiger partial charge in [0, 0.05) is 0 Å². The van der Waals surface area contributed by atoms with Crippen molar-refractivity contribution in [1.29, 1.82) is 0 Å². The van der Waals surface area contributed by atoms with E-state index < -0.39 is 17.5 Å². The smallest absolute Gasteiger partial charge is 0.309 e. The van der Waals surface area contributed by atoms with E-state index in [-0.39, 0.29) is 13.0 Å². The van der Waals surface area contributed by atoms with Crippen molar-refractivity contribution in [2.45, 2.75) is 277 Å². The summed E-state index contributed by atoms with van der Waals surface area (Å²) in [7, 11) is 0. The van der Waals surface area contributed by atoms with Crippen LogP contribution in [0.5, 0.6) is 0 Å². The molecule has 0 aromatic carbocycles. The zero-order valence-corrected chi connectivity index (χ0v) is 34.3. The Bertz CT molecular complexity index is 667. The lowest BCUT2D eigenvalue weighted by atomic mass is 9.73. The number of hydrogen-bond acceptors (Lipinski definition) is 3. The first-order chi connectivity index (χ1) is 24.5. The molecule has 0 amide bonds. The van der Waals surface area contributed by atoms with Crippen molar-refractivity contribution in [2.75, 3.05) is 6.61 Å². The van der Waals surface area contributed by atoms with Crippen molar-refractivity contribution in [3.63, 3.8) is 0 Å². The van der Waals surface area contributed by atoms with Gasteiger partial charge in [-0.1, -0.05) is 251 Å². The molecule has 0 rings (SSSR count). The minimum atomic E-state index is -0.940. The molecule has 0 heterocycles. The highest BCUT2D eigenvalue weighted by Crippen LogP contribution is 2.37. The van der Waals surface area contributed by atoms with Gasteiger partial charge < -0.3 is 15.3 Å². The zero-order valence-electron chi connectivity index (χ0n) is 34.3. The summed E-state index contributed by atoms with van der Waals surface area (Å²) < 4.78 is 0. The fourth-order valence-corrected chi connectivity index (χ4v) is 8.05. The molecule has 0 bridgehead atoms. The van der Waals surface area contributed by atoms with Crippen LogP contribution in [0.3, 0.4) is 0 Å². The first kappa shape index (κ1) is 49.4. The van der Waals surface area contributed by atoms with Gasteiger partial charge in [-0.05, 0) is 19.3 Å². The van der Waals surface area contributed by atoms with Crippen LogP contribution in [0.2, 0.25) is 0 Å². The van der Waals surface area contributed by atoms with Crippen LogP contribution in [-0.4, -0.2) is 34.0 Å². The summed E-state index contributed by atoms with van der Waals surface area (Å²) >= 11 is 0. The van der Waals surface area contributed by atoms with Gasteiger partial charge in [0.1, 0.15) is 0 Å². The summed E-state index contributed by atoms with van der Waals surface area (Å²) in [6, 6.07) is 0. The van der Waals surface area contributed by atoms with Crippen LogP contribution < -0.4 is 0 Å². The number of aliphatic carboxylic acids is 1. The minimum Gasteiger partial charge on any atom is -0.481 e. The lowest BCUT2D eigenvalue weighted by Gasteiger charge is -2.31. The first-order valence-corrected chi connectivity index (χ1v) is 23.0. The fraction of sp³-hybridized carbons (Fsp3) is 0.978. The second-order valence-electron chi connectivity index (χ2n) is 16.5. The second kappa shape index (κ2) is 39.6. The van der Waals surface area contributed by atoms with Gasteiger partial charge in [0.05, 0.1) is 18.1 Å². The van der Waals surface area contributed by atoms with Gasteiger partial charge in [-0.25, -0.2) is 0 Å². The number of carboxylic acids is 1. The molecule has 4 nitrogen and oxygen atoms in total. The van der Waals surface area contributed by atoms with E-state index in [4.69, 9.17) is 0 Å². The van der Waals surface area contributed by atoms with Crippen LogP contribution in [0, 0.1) is 5.41 Å². The molecule has 0 saturated heterocycles. The first-order valence-electron chi connectivity index (χ1n) is 23.0. The van der Waals surface area contributed by atoms with Crippen molar-refractivity contribution >= 4 is 5.97 Å². The normalized spacial score (nSPS) is 13.5. The minimum absolute atomic E-state index is 0.174. The van der Waals surface area contributed by atoms with Crippen LogP contribution in [0.1, 0.15) is 271 Å². The highest BCUT2D eigenvalue weighted by Gasteiger charge is 2.39. The number of aliphatic hydroxyl groups is 2. The van der Waals surface area contributed by atoms with E-state index in [1.165, 1.54) is 205 Å². The van der Waals surface area contributed by atoms with Crippen molar-refractivity contribution < 1.29 is 20.1 Å². The van der Waals surface area contributed by atoms with Crippen LogP contribution in [-0.2, 0) is 4.79 Å². The van der Waals surface area contributed by atoms with Gasteiger partial charge >= 0.3 is 5.97 Å². The van der Waals surface area contributed by atoms with Crippen molar-refractivity contribution in [1.82, 2.24) is 0 Å². The van der Waals surface area contributed by atoms with Crippen molar-refractivity contribution in [3.05, 3.63) is 0 Å². The van der Waals surface area contributed by atoms with E-state index in [1.807, 2.05) is 0 Å². The molecule has 0 fully saturated rings. The van der Waals surface area contributed by atoms with E-state index in [0.717, 1.165) is 32.1 Å². The van der Waals surface area contributed by atoms with E-state index >= 15 is 0 Å². The van der Waals surface area contributed by atoms with E-state index in [0.29, 0.717) is 12.8 Å². The molecule has 2 unspecified atom stereocenters. The number of hydrogen-bond donors (Lipinski definition) is 3. The fourth-order valence-electron chi connectivity index (χ4n) is 8.05. The van der Waals surface area contributed by atoms with Gasteiger partial charge in [-0.3, -0.25) is 4.79 Å². The predicted molar refractivity (Wildman–Crippen MR) is 219 cm³/mol. The van der Waals surface area contributed by atoms with Crippen molar-refractivity contribution in [2.24, 2.45) is 5.41 Å². The maximum Gasteiger partial charge on any atom is 0.309 e. The molecule has 0 saturated carbocycles. The Kier molecular flexibility index (Phi) is 39.1. The largest absolute Gasteiger partial charge is 0.481 e. The Hall–Kier alpha value is -0.610. The maximum absolute atomic E-state index is 12.3. The molecule has 300 valence electrons. The van der Waals surface area contributed by atoms with Gasteiger partial charge in [0.15, 0.2) is 0 Å². The lowest BCUT2D eigenvalue weighted by Crippen LogP contribution is -2.36. The van der Waals surface area contributed by atoms with Crippen LogP contribution in [0.25, 0.3) is 0 Å². The third kappa shape index (κ3) is 33.2.